The molecule has 0 unspecified atom stereocenters. The van der Waals surface area contributed by atoms with Crippen molar-refractivity contribution in [3.63, 3.8) is 0 Å². The fraction of sp³-hybridized carbons (Fsp3) is 0.0909. The van der Waals surface area contributed by atoms with Crippen molar-refractivity contribution < 1.29 is 9.90 Å². The molecular formula is C11H8N4O2S. The second kappa shape index (κ2) is 4.19. The number of pyridine rings is 1. The summed E-state index contributed by atoms with van der Waals surface area (Å²) < 4.78 is 3.92. The number of carboxylic acids is 1. The highest BCUT2D eigenvalue weighted by molar-refractivity contribution is 7.09. The lowest BCUT2D eigenvalue weighted by Crippen LogP contribution is -2.21. The van der Waals surface area contributed by atoms with Gasteiger partial charge in [0, 0.05) is 35.9 Å². The zero-order valence-corrected chi connectivity index (χ0v) is 9.96. The first-order valence-electron chi connectivity index (χ1n) is 5.19. The van der Waals surface area contributed by atoms with Crippen LogP contribution in [0.2, 0.25) is 0 Å². The quantitative estimate of drug-likeness (QED) is 0.883. The molecule has 7 heteroatoms. The summed E-state index contributed by atoms with van der Waals surface area (Å²) >= 11 is 1.19. The Hall–Kier alpha value is -2.28. The Balaban J connectivity index is 2.13. The second-order valence-corrected chi connectivity index (χ2v) is 4.47. The summed E-state index contributed by atoms with van der Waals surface area (Å²) in [6.07, 6.45) is 5.03. The summed E-state index contributed by atoms with van der Waals surface area (Å²) in [5.41, 5.74) is 1.18. The second-order valence-electron chi connectivity index (χ2n) is 3.72. The van der Waals surface area contributed by atoms with Gasteiger partial charge in [0.05, 0.1) is 5.57 Å². The predicted octanol–water partition coefficient (Wildman–Crippen LogP) is 1.60. The molecule has 0 bridgehead atoms. The van der Waals surface area contributed by atoms with Gasteiger partial charge in [0.1, 0.15) is 12.1 Å². The van der Waals surface area contributed by atoms with E-state index in [0.717, 1.165) is 5.56 Å². The molecular weight excluding hydrogens is 252 g/mol. The topological polar surface area (TPSA) is 79.2 Å². The van der Waals surface area contributed by atoms with Gasteiger partial charge in [0.2, 0.25) is 5.13 Å². The van der Waals surface area contributed by atoms with Crippen LogP contribution in [0.5, 0.6) is 0 Å². The standard InChI is InChI=1S/C11H8N4O2S/c16-10(17)8-4-7-2-1-3-12-9(7)15(5-8)11-13-6-14-18-11/h1-3,5-6H,4H2,(H,16,17). The average Bonchev–Trinajstić information content (AvgIpc) is 2.91. The summed E-state index contributed by atoms with van der Waals surface area (Å²) in [6.45, 7) is 0. The lowest BCUT2D eigenvalue weighted by molar-refractivity contribution is -0.132. The van der Waals surface area contributed by atoms with Gasteiger partial charge in [-0.15, -0.1) is 0 Å². The van der Waals surface area contributed by atoms with Gasteiger partial charge in [-0.1, -0.05) is 6.07 Å². The van der Waals surface area contributed by atoms with E-state index in [-0.39, 0.29) is 0 Å². The van der Waals surface area contributed by atoms with Crippen molar-refractivity contribution in [2.45, 2.75) is 6.42 Å². The Kier molecular flexibility index (Phi) is 2.52. The molecule has 6 nitrogen and oxygen atoms in total. The molecule has 0 spiro atoms. The van der Waals surface area contributed by atoms with E-state index in [1.54, 1.807) is 23.4 Å². The van der Waals surface area contributed by atoms with Gasteiger partial charge < -0.3 is 5.11 Å². The number of fused-ring (bicyclic) bond motifs is 1. The Morgan fingerprint density at radius 3 is 3.06 bits per heavy atom. The maximum Gasteiger partial charge on any atom is 0.333 e. The first-order valence-corrected chi connectivity index (χ1v) is 5.97. The van der Waals surface area contributed by atoms with Crippen molar-refractivity contribution >= 4 is 28.5 Å². The van der Waals surface area contributed by atoms with Crippen molar-refractivity contribution in [3.05, 3.63) is 42.0 Å². The molecule has 3 rings (SSSR count). The van der Waals surface area contributed by atoms with E-state index < -0.39 is 5.97 Å². The SMILES string of the molecule is O=C(O)C1=CN(c2ncns2)c2ncccc2C1. The molecule has 1 aliphatic heterocycles. The van der Waals surface area contributed by atoms with E-state index in [1.807, 2.05) is 6.07 Å². The van der Waals surface area contributed by atoms with Crippen LogP contribution in [-0.2, 0) is 11.2 Å². The first-order chi connectivity index (χ1) is 8.75. The summed E-state index contributed by atoms with van der Waals surface area (Å²) in [5.74, 6) is -0.224. The predicted molar refractivity (Wildman–Crippen MR) is 65.7 cm³/mol. The van der Waals surface area contributed by atoms with Gasteiger partial charge in [-0.2, -0.15) is 4.37 Å². The van der Waals surface area contributed by atoms with Gasteiger partial charge in [0.15, 0.2) is 0 Å². The van der Waals surface area contributed by atoms with Crippen LogP contribution in [0.15, 0.2) is 36.4 Å². The largest absolute Gasteiger partial charge is 0.478 e. The first kappa shape index (κ1) is 10.8. The fourth-order valence-corrected chi connectivity index (χ4v) is 2.31. The zero-order valence-electron chi connectivity index (χ0n) is 9.15. The minimum Gasteiger partial charge on any atom is -0.478 e. The summed E-state index contributed by atoms with van der Waals surface area (Å²) in [6, 6.07) is 3.66. The minimum absolute atomic E-state index is 0.311. The Morgan fingerprint density at radius 1 is 1.44 bits per heavy atom. The fourth-order valence-electron chi connectivity index (χ4n) is 1.80. The molecule has 90 valence electrons. The van der Waals surface area contributed by atoms with Crippen molar-refractivity contribution in [1.29, 1.82) is 0 Å². The molecule has 1 N–H and O–H groups in total. The number of carboxylic acid groups (broad SMARTS) is 1. The molecule has 18 heavy (non-hydrogen) atoms. The van der Waals surface area contributed by atoms with Gasteiger partial charge >= 0.3 is 5.97 Å². The summed E-state index contributed by atoms with van der Waals surface area (Å²) in [5, 5.41) is 9.74. The van der Waals surface area contributed by atoms with Crippen LogP contribution in [0, 0.1) is 0 Å². The van der Waals surface area contributed by atoms with E-state index >= 15 is 0 Å². The Bertz CT molecular complexity index is 624. The van der Waals surface area contributed by atoms with Gasteiger partial charge in [-0.3, -0.25) is 4.90 Å². The van der Waals surface area contributed by atoms with Crippen molar-refractivity contribution in [2.75, 3.05) is 4.90 Å². The number of hydrogen-bond donors (Lipinski definition) is 1. The number of aromatic nitrogens is 3. The number of nitrogens with zero attached hydrogens (tertiary/aromatic N) is 4. The van der Waals surface area contributed by atoms with Crippen LogP contribution >= 0.6 is 11.5 Å². The third kappa shape index (κ3) is 1.74. The zero-order chi connectivity index (χ0) is 12.5. The third-order valence-corrected chi connectivity index (χ3v) is 3.26. The van der Waals surface area contributed by atoms with Crippen molar-refractivity contribution in [1.82, 2.24) is 14.3 Å². The highest BCUT2D eigenvalue weighted by Crippen LogP contribution is 2.33. The molecule has 1 aliphatic rings. The Labute approximate surface area is 106 Å². The number of hydrogen-bond acceptors (Lipinski definition) is 6. The van der Waals surface area contributed by atoms with Crippen LogP contribution < -0.4 is 4.90 Å². The Morgan fingerprint density at radius 2 is 2.33 bits per heavy atom. The molecule has 2 aromatic heterocycles. The highest BCUT2D eigenvalue weighted by Gasteiger charge is 2.24. The van der Waals surface area contributed by atoms with Gasteiger partial charge in [-0.05, 0) is 6.07 Å². The molecule has 0 amide bonds. The molecule has 2 aromatic rings. The smallest absolute Gasteiger partial charge is 0.333 e. The highest BCUT2D eigenvalue weighted by atomic mass is 32.1. The lowest BCUT2D eigenvalue weighted by Gasteiger charge is -2.24. The molecule has 0 fully saturated rings. The van der Waals surface area contributed by atoms with Crippen molar-refractivity contribution in [2.24, 2.45) is 0 Å². The molecule has 0 aromatic carbocycles. The average molecular weight is 260 g/mol. The van der Waals surface area contributed by atoms with Crippen LogP contribution in [0.4, 0.5) is 10.9 Å². The number of carbonyl (C=O) groups is 1. The monoisotopic (exact) mass is 260 g/mol. The van der Waals surface area contributed by atoms with Crippen LogP contribution in [0.3, 0.4) is 0 Å². The van der Waals surface area contributed by atoms with Gasteiger partial charge in [0.25, 0.3) is 0 Å². The maximum absolute atomic E-state index is 11.1. The third-order valence-electron chi connectivity index (χ3n) is 2.59. The molecule has 0 aliphatic carbocycles. The van der Waals surface area contributed by atoms with Gasteiger partial charge in [-0.25, -0.2) is 14.8 Å². The van der Waals surface area contributed by atoms with E-state index in [1.165, 1.54) is 17.9 Å². The van der Waals surface area contributed by atoms with E-state index in [9.17, 15) is 4.79 Å². The molecule has 0 atom stereocenters. The number of rotatable bonds is 2. The minimum atomic E-state index is -0.931. The number of aliphatic carboxylic acids is 1. The molecule has 0 saturated carbocycles. The lowest BCUT2D eigenvalue weighted by atomic mass is 10.0. The normalized spacial score (nSPS) is 14.0. The van der Waals surface area contributed by atoms with E-state index in [0.29, 0.717) is 22.9 Å². The summed E-state index contributed by atoms with van der Waals surface area (Å²) in [7, 11) is 0. The van der Waals surface area contributed by atoms with E-state index in [4.69, 9.17) is 5.11 Å². The van der Waals surface area contributed by atoms with Crippen LogP contribution in [0.25, 0.3) is 0 Å². The molecule has 0 saturated heterocycles. The molecule has 3 heterocycles. The van der Waals surface area contributed by atoms with Crippen molar-refractivity contribution in [3.8, 4) is 0 Å². The van der Waals surface area contributed by atoms with Crippen LogP contribution in [-0.4, -0.2) is 25.4 Å². The maximum atomic E-state index is 11.1. The number of anilines is 2. The molecule has 0 radical (unpaired) electrons. The summed E-state index contributed by atoms with van der Waals surface area (Å²) in [4.78, 5) is 21.2. The van der Waals surface area contributed by atoms with Crippen LogP contribution in [0.1, 0.15) is 5.56 Å². The van der Waals surface area contributed by atoms with E-state index in [2.05, 4.69) is 14.3 Å².